The van der Waals surface area contributed by atoms with Crippen molar-refractivity contribution in [1.29, 1.82) is 0 Å². The highest BCUT2D eigenvalue weighted by Crippen LogP contribution is 2.30. The Kier molecular flexibility index (Phi) is 4.38. The van der Waals surface area contributed by atoms with Crippen molar-refractivity contribution in [2.24, 2.45) is 0 Å². The fourth-order valence-electron chi connectivity index (χ4n) is 2.15. The van der Waals surface area contributed by atoms with Crippen molar-refractivity contribution in [3.8, 4) is 11.5 Å². The standard InChI is InChI=1S/C13H19FN2O2/c1-18-12-9-10(8-11(14)13(12)17)2-5-16-6-3-15-4-7-16/h8-9,15,17H,2-7H2,1H3. The summed E-state index contributed by atoms with van der Waals surface area (Å²) in [4.78, 5) is 2.34. The monoisotopic (exact) mass is 254 g/mol. The van der Waals surface area contributed by atoms with E-state index in [0.717, 1.165) is 44.7 Å². The molecule has 0 atom stereocenters. The molecule has 0 spiro atoms. The first-order chi connectivity index (χ1) is 8.70. The van der Waals surface area contributed by atoms with Crippen LogP contribution in [0.2, 0.25) is 0 Å². The Labute approximate surface area is 106 Å². The quantitative estimate of drug-likeness (QED) is 0.841. The molecule has 1 aliphatic rings. The van der Waals surface area contributed by atoms with Gasteiger partial charge in [0, 0.05) is 32.7 Å². The van der Waals surface area contributed by atoms with Gasteiger partial charge >= 0.3 is 0 Å². The van der Waals surface area contributed by atoms with Gasteiger partial charge in [0.1, 0.15) is 0 Å². The molecule has 4 nitrogen and oxygen atoms in total. The van der Waals surface area contributed by atoms with Crippen LogP contribution in [0, 0.1) is 5.82 Å². The maximum absolute atomic E-state index is 13.4. The molecule has 18 heavy (non-hydrogen) atoms. The lowest BCUT2D eigenvalue weighted by Crippen LogP contribution is -2.44. The Morgan fingerprint density at radius 2 is 2.11 bits per heavy atom. The summed E-state index contributed by atoms with van der Waals surface area (Å²) < 4.78 is 18.4. The van der Waals surface area contributed by atoms with Crippen molar-refractivity contribution in [2.75, 3.05) is 39.8 Å². The number of hydrogen-bond acceptors (Lipinski definition) is 4. The van der Waals surface area contributed by atoms with E-state index in [-0.39, 0.29) is 5.75 Å². The van der Waals surface area contributed by atoms with E-state index in [0.29, 0.717) is 0 Å². The van der Waals surface area contributed by atoms with Crippen molar-refractivity contribution < 1.29 is 14.2 Å². The summed E-state index contributed by atoms with van der Waals surface area (Å²) in [5.41, 5.74) is 0.848. The molecule has 0 aliphatic carbocycles. The molecule has 1 saturated heterocycles. The minimum absolute atomic E-state index is 0.199. The number of methoxy groups -OCH3 is 1. The molecule has 0 unspecified atom stereocenters. The molecule has 0 radical (unpaired) electrons. The average Bonchev–Trinajstić information content (AvgIpc) is 2.41. The van der Waals surface area contributed by atoms with Gasteiger partial charge in [-0.05, 0) is 24.1 Å². The van der Waals surface area contributed by atoms with Gasteiger partial charge in [-0.15, -0.1) is 0 Å². The van der Waals surface area contributed by atoms with Gasteiger partial charge in [0.15, 0.2) is 17.3 Å². The molecule has 100 valence electrons. The molecule has 1 aromatic rings. The Bertz CT molecular complexity index is 406. The van der Waals surface area contributed by atoms with Gasteiger partial charge < -0.3 is 20.1 Å². The Morgan fingerprint density at radius 1 is 1.39 bits per heavy atom. The number of nitrogens with one attached hydrogen (secondary N) is 1. The van der Waals surface area contributed by atoms with E-state index < -0.39 is 11.6 Å². The minimum Gasteiger partial charge on any atom is -0.502 e. The maximum atomic E-state index is 13.4. The van der Waals surface area contributed by atoms with E-state index in [2.05, 4.69) is 10.2 Å². The molecular weight excluding hydrogens is 235 g/mol. The predicted octanol–water partition coefficient (Wildman–Crippen LogP) is 0.988. The number of phenols is 1. The number of ether oxygens (including phenoxy) is 1. The topological polar surface area (TPSA) is 44.7 Å². The summed E-state index contributed by atoms with van der Waals surface area (Å²) >= 11 is 0. The number of benzene rings is 1. The smallest absolute Gasteiger partial charge is 0.194 e. The fourth-order valence-corrected chi connectivity index (χ4v) is 2.15. The van der Waals surface area contributed by atoms with E-state index in [1.54, 1.807) is 6.07 Å². The van der Waals surface area contributed by atoms with Crippen LogP contribution in [0.3, 0.4) is 0 Å². The third-order valence-electron chi connectivity index (χ3n) is 3.23. The summed E-state index contributed by atoms with van der Waals surface area (Å²) in [7, 11) is 1.43. The highest BCUT2D eigenvalue weighted by atomic mass is 19.1. The van der Waals surface area contributed by atoms with Gasteiger partial charge in [0.25, 0.3) is 0 Å². The number of piperazine rings is 1. The first kappa shape index (κ1) is 13.1. The Balaban J connectivity index is 1.98. The van der Waals surface area contributed by atoms with E-state index in [1.807, 2.05) is 0 Å². The van der Waals surface area contributed by atoms with Gasteiger partial charge in [0.2, 0.25) is 0 Å². The second-order valence-electron chi connectivity index (χ2n) is 4.47. The molecule has 1 fully saturated rings. The number of nitrogens with zero attached hydrogens (tertiary/aromatic N) is 1. The van der Waals surface area contributed by atoms with Crippen LogP contribution in [0.1, 0.15) is 5.56 Å². The van der Waals surface area contributed by atoms with Crippen LogP contribution in [0.5, 0.6) is 11.5 Å². The third-order valence-corrected chi connectivity index (χ3v) is 3.23. The lowest BCUT2D eigenvalue weighted by molar-refractivity contribution is 0.243. The van der Waals surface area contributed by atoms with Crippen LogP contribution < -0.4 is 10.1 Å². The van der Waals surface area contributed by atoms with Gasteiger partial charge in [-0.25, -0.2) is 4.39 Å². The Hall–Kier alpha value is -1.33. The zero-order chi connectivity index (χ0) is 13.0. The van der Waals surface area contributed by atoms with Crippen LogP contribution in [-0.2, 0) is 6.42 Å². The van der Waals surface area contributed by atoms with Crippen molar-refractivity contribution in [2.45, 2.75) is 6.42 Å². The number of halogens is 1. The summed E-state index contributed by atoms with van der Waals surface area (Å²) in [6.07, 6.45) is 0.758. The molecule has 0 aromatic heterocycles. The van der Waals surface area contributed by atoms with Crippen LogP contribution in [-0.4, -0.2) is 49.8 Å². The average molecular weight is 254 g/mol. The Morgan fingerprint density at radius 3 is 2.78 bits per heavy atom. The first-order valence-corrected chi connectivity index (χ1v) is 6.19. The second-order valence-corrected chi connectivity index (χ2v) is 4.47. The number of phenolic OH excluding ortho intramolecular Hbond substituents is 1. The fraction of sp³-hybridized carbons (Fsp3) is 0.538. The molecule has 1 aromatic carbocycles. The van der Waals surface area contributed by atoms with E-state index in [1.165, 1.54) is 13.2 Å². The molecule has 1 aliphatic heterocycles. The summed E-state index contributed by atoms with van der Waals surface area (Å²) in [5.74, 6) is -0.835. The maximum Gasteiger partial charge on any atom is 0.194 e. The predicted molar refractivity (Wildman–Crippen MR) is 67.6 cm³/mol. The molecule has 2 rings (SSSR count). The second kappa shape index (κ2) is 6.02. The van der Waals surface area contributed by atoms with Crippen molar-refractivity contribution in [3.63, 3.8) is 0 Å². The van der Waals surface area contributed by atoms with Crippen molar-refractivity contribution >= 4 is 0 Å². The van der Waals surface area contributed by atoms with E-state index >= 15 is 0 Å². The lowest BCUT2D eigenvalue weighted by Gasteiger charge is -2.27. The van der Waals surface area contributed by atoms with Crippen LogP contribution in [0.15, 0.2) is 12.1 Å². The van der Waals surface area contributed by atoms with E-state index in [9.17, 15) is 9.50 Å². The molecule has 0 bridgehead atoms. The highest BCUT2D eigenvalue weighted by molar-refractivity contribution is 5.43. The first-order valence-electron chi connectivity index (χ1n) is 6.19. The van der Waals surface area contributed by atoms with Crippen LogP contribution in [0.25, 0.3) is 0 Å². The van der Waals surface area contributed by atoms with Crippen molar-refractivity contribution in [1.82, 2.24) is 10.2 Å². The summed E-state index contributed by atoms with van der Waals surface area (Å²) in [6.45, 7) is 4.96. The highest BCUT2D eigenvalue weighted by Gasteiger charge is 2.12. The molecule has 0 amide bonds. The minimum atomic E-state index is -0.621. The lowest BCUT2D eigenvalue weighted by atomic mass is 10.1. The number of rotatable bonds is 4. The van der Waals surface area contributed by atoms with Crippen molar-refractivity contribution in [3.05, 3.63) is 23.5 Å². The van der Waals surface area contributed by atoms with Gasteiger partial charge in [-0.1, -0.05) is 0 Å². The molecule has 5 heteroatoms. The number of hydrogen-bond donors (Lipinski definition) is 2. The molecule has 0 saturated carbocycles. The van der Waals surface area contributed by atoms with Gasteiger partial charge in [0.05, 0.1) is 7.11 Å². The zero-order valence-electron chi connectivity index (χ0n) is 10.6. The van der Waals surface area contributed by atoms with Crippen LogP contribution >= 0.6 is 0 Å². The SMILES string of the molecule is COc1cc(CCN2CCNCC2)cc(F)c1O. The van der Waals surface area contributed by atoms with Gasteiger partial charge in [-0.3, -0.25) is 0 Å². The summed E-state index contributed by atoms with van der Waals surface area (Å²) in [5, 5.41) is 12.7. The summed E-state index contributed by atoms with van der Waals surface area (Å²) in [6, 6.07) is 3.07. The van der Waals surface area contributed by atoms with Gasteiger partial charge in [-0.2, -0.15) is 0 Å². The largest absolute Gasteiger partial charge is 0.502 e. The third kappa shape index (κ3) is 3.11. The number of aromatic hydroxyl groups is 1. The molecule has 2 N–H and O–H groups in total. The normalized spacial score (nSPS) is 16.8. The molecular formula is C13H19FN2O2. The van der Waals surface area contributed by atoms with Crippen LogP contribution in [0.4, 0.5) is 4.39 Å². The van der Waals surface area contributed by atoms with E-state index in [4.69, 9.17) is 4.74 Å². The molecule has 1 heterocycles. The zero-order valence-corrected chi connectivity index (χ0v) is 10.6.